The Balaban J connectivity index is 0. The molecule has 38 heavy (non-hydrogen) atoms. The highest BCUT2D eigenvalue weighted by Gasteiger charge is 1.95. The van der Waals surface area contributed by atoms with Crippen LogP contribution in [0.2, 0.25) is 0 Å². The first-order valence-corrected chi connectivity index (χ1v) is 13.7. The van der Waals surface area contributed by atoms with Crippen molar-refractivity contribution in [3.8, 4) is 0 Å². The third kappa shape index (κ3) is 30.8. The van der Waals surface area contributed by atoms with Crippen LogP contribution in [0.25, 0.3) is 0 Å². The van der Waals surface area contributed by atoms with E-state index in [4.69, 9.17) is 0 Å². The van der Waals surface area contributed by atoms with Crippen molar-refractivity contribution >= 4 is 0 Å². The van der Waals surface area contributed by atoms with Crippen LogP contribution >= 0.6 is 0 Å². The predicted molar refractivity (Wildman–Crippen MR) is 173 cm³/mol. The monoisotopic (exact) mass is 513 g/mol. The fraction of sp³-hybridized carbons (Fsp3) is 0.378. The molecule has 0 aliphatic heterocycles. The molecular weight excluding hydrogens is 458 g/mol. The molecule has 4 aromatic rings. The lowest BCUT2D eigenvalue weighted by Gasteiger charge is -2.05. The molecule has 0 bridgehead atoms. The first-order chi connectivity index (χ1) is 17.8. The van der Waals surface area contributed by atoms with Gasteiger partial charge in [0.1, 0.15) is 0 Å². The minimum atomic E-state index is 0.500. The van der Waals surface area contributed by atoms with E-state index in [9.17, 15) is 0 Å². The number of nitrogens with zero attached hydrogens (tertiary/aromatic N) is 1. The van der Waals surface area contributed by atoms with Crippen LogP contribution in [0, 0.1) is 47.0 Å². The summed E-state index contributed by atoms with van der Waals surface area (Å²) in [7, 11) is 0. The SMILES string of the molecule is CC(C)(C)C.CCC.Cc1ccc(C)cc1.Cc1ccc(C)cc1.Cc1ccccc1.Cc1ccccn1. The maximum atomic E-state index is 3.98. The van der Waals surface area contributed by atoms with Crippen molar-refractivity contribution in [3.05, 3.63) is 137 Å². The molecular formula is C37H55N. The Hall–Kier alpha value is -3.19. The maximum Gasteiger partial charge on any atom is 0.0372 e. The summed E-state index contributed by atoms with van der Waals surface area (Å²) >= 11 is 0. The van der Waals surface area contributed by atoms with E-state index in [1.165, 1.54) is 34.2 Å². The second-order valence-electron chi connectivity index (χ2n) is 11.1. The molecule has 0 radical (unpaired) electrons. The average molecular weight is 514 g/mol. The van der Waals surface area contributed by atoms with E-state index in [1.54, 1.807) is 6.20 Å². The maximum absolute atomic E-state index is 3.98. The summed E-state index contributed by atoms with van der Waals surface area (Å²) in [6.45, 7) is 25.4. The van der Waals surface area contributed by atoms with Gasteiger partial charge in [-0.15, -0.1) is 0 Å². The number of pyridine rings is 1. The van der Waals surface area contributed by atoms with Crippen LogP contribution in [0.1, 0.15) is 81.5 Å². The lowest BCUT2D eigenvalue weighted by Crippen LogP contribution is -1.93. The summed E-state index contributed by atoms with van der Waals surface area (Å²) in [5.41, 5.74) is 8.21. The van der Waals surface area contributed by atoms with Gasteiger partial charge in [-0.1, -0.05) is 161 Å². The Morgan fingerprint density at radius 3 is 0.868 bits per heavy atom. The van der Waals surface area contributed by atoms with Crippen LogP contribution in [0.3, 0.4) is 0 Å². The number of benzene rings is 3. The molecule has 3 aromatic carbocycles. The zero-order chi connectivity index (χ0) is 29.4. The molecule has 1 heteroatoms. The highest BCUT2D eigenvalue weighted by atomic mass is 14.6. The molecule has 0 N–H and O–H groups in total. The van der Waals surface area contributed by atoms with Gasteiger partial charge in [0.15, 0.2) is 0 Å². The number of rotatable bonds is 0. The fourth-order valence-electron chi connectivity index (χ4n) is 2.26. The van der Waals surface area contributed by atoms with E-state index in [-0.39, 0.29) is 0 Å². The molecule has 0 spiro atoms. The molecule has 0 fully saturated rings. The van der Waals surface area contributed by atoms with Crippen LogP contribution in [0.15, 0.2) is 103 Å². The number of aryl methyl sites for hydroxylation is 6. The van der Waals surface area contributed by atoms with E-state index in [2.05, 4.69) is 142 Å². The molecule has 1 heterocycles. The lowest BCUT2D eigenvalue weighted by molar-refractivity contribution is 0.469. The zero-order valence-corrected chi connectivity index (χ0v) is 26.5. The van der Waals surface area contributed by atoms with Crippen LogP contribution in [-0.4, -0.2) is 4.98 Å². The Kier molecular flexibility index (Phi) is 22.3. The van der Waals surface area contributed by atoms with Crippen molar-refractivity contribution in [2.24, 2.45) is 5.41 Å². The van der Waals surface area contributed by atoms with Crippen LogP contribution < -0.4 is 0 Å². The topological polar surface area (TPSA) is 12.9 Å². The minimum Gasteiger partial charge on any atom is -0.262 e. The van der Waals surface area contributed by atoms with Gasteiger partial charge in [-0.3, -0.25) is 4.98 Å². The molecule has 4 rings (SSSR count). The van der Waals surface area contributed by atoms with Crippen molar-refractivity contribution in [2.45, 2.75) is 89.5 Å². The number of hydrogen-bond donors (Lipinski definition) is 0. The third-order valence-corrected chi connectivity index (χ3v) is 4.19. The molecule has 0 saturated carbocycles. The quantitative estimate of drug-likeness (QED) is 0.228. The average Bonchev–Trinajstić information content (AvgIpc) is 2.85. The van der Waals surface area contributed by atoms with Gasteiger partial charge in [0, 0.05) is 11.9 Å². The van der Waals surface area contributed by atoms with Crippen LogP contribution in [0.4, 0.5) is 0 Å². The summed E-state index contributed by atoms with van der Waals surface area (Å²) in [5.74, 6) is 0. The first-order valence-electron chi connectivity index (χ1n) is 13.7. The van der Waals surface area contributed by atoms with Gasteiger partial charge in [0.25, 0.3) is 0 Å². The van der Waals surface area contributed by atoms with Crippen molar-refractivity contribution in [2.75, 3.05) is 0 Å². The molecule has 208 valence electrons. The van der Waals surface area contributed by atoms with Crippen LogP contribution in [-0.2, 0) is 0 Å². The van der Waals surface area contributed by atoms with Crippen LogP contribution in [0.5, 0.6) is 0 Å². The van der Waals surface area contributed by atoms with E-state index in [0.29, 0.717) is 5.41 Å². The highest BCUT2D eigenvalue weighted by Crippen LogP contribution is 2.08. The lowest BCUT2D eigenvalue weighted by atomic mass is 10.0. The summed E-state index contributed by atoms with van der Waals surface area (Å²) in [6.07, 6.45) is 3.04. The standard InChI is InChI=1S/2C8H10.C7H8.C6H7N.C5H12.C3H8/c2*1-7-3-5-8(2)6-4-7;1-7-5-3-2-4-6-7;1-6-4-2-3-5-7-6;1-5(2,3)4;1-3-2/h2*3-6H,1-2H3;2-6H,1H3;2-5H,1H3;1-4H3;3H2,1-2H3. The molecule has 0 aliphatic carbocycles. The van der Waals surface area contributed by atoms with Gasteiger partial charge in [-0.2, -0.15) is 0 Å². The van der Waals surface area contributed by atoms with Crippen molar-refractivity contribution in [3.63, 3.8) is 0 Å². The third-order valence-electron chi connectivity index (χ3n) is 4.19. The molecule has 0 saturated heterocycles. The predicted octanol–water partition coefficient (Wildman–Crippen LogP) is 11.5. The number of aromatic nitrogens is 1. The Bertz CT molecular complexity index is 881. The molecule has 1 aromatic heterocycles. The first kappa shape index (κ1) is 37.0. The smallest absolute Gasteiger partial charge is 0.0372 e. The zero-order valence-electron chi connectivity index (χ0n) is 26.5. The summed E-state index contributed by atoms with van der Waals surface area (Å²) < 4.78 is 0. The second kappa shape index (κ2) is 23.0. The van der Waals surface area contributed by atoms with Gasteiger partial charge < -0.3 is 0 Å². The van der Waals surface area contributed by atoms with Crippen molar-refractivity contribution < 1.29 is 0 Å². The van der Waals surface area contributed by atoms with E-state index in [0.717, 1.165) is 5.69 Å². The normalized spacial score (nSPS) is 9.16. The molecule has 0 atom stereocenters. The van der Waals surface area contributed by atoms with E-state index < -0.39 is 0 Å². The van der Waals surface area contributed by atoms with Crippen molar-refractivity contribution in [1.29, 1.82) is 0 Å². The summed E-state index contributed by atoms with van der Waals surface area (Å²) in [4.78, 5) is 3.98. The van der Waals surface area contributed by atoms with Gasteiger partial charge in [0.05, 0.1) is 0 Å². The summed E-state index contributed by atoms with van der Waals surface area (Å²) in [6, 6.07) is 33.1. The summed E-state index contributed by atoms with van der Waals surface area (Å²) in [5, 5.41) is 0. The Morgan fingerprint density at radius 2 is 0.711 bits per heavy atom. The Labute approximate surface area is 236 Å². The van der Waals surface area contributed by atoms with Crippen molar-refractivity contribution in [1.82, 2.24) is 4.98 Å². The molecule has 0 aliphatic rings. The van der Waals surface area contributed by atoms with Gasteiger partial charge >= 0.3 is 0 Å². The largest absolute Gasteiger partial charge is 0.262 e. The van der Waals surface area contributed by atoms with E-state index >= 15 is 0 Å². The molecule has 0 amide bonds. The van der Waals surface area contributed by atoms with E-state index in [1.807, 2.05) is 43.3 Å². The Morgan fingerprint density at radius 1 is 0.447 bits per heavy atom. The molecule has 1 nitrogen and oxygen atoms in total. The highest BCUT2D eigenvalue weighted by molar-refractivity contribution is 5.20. The second-order valence-corrected chi connectivity index (χ2v) is 11.1. The number of hydrogen-bond acceptors (Lipinski definition) is 1. The van der Waals surface area contributed by atoms with Gasteiger partial charge in [0.2, 0.25) is 0 Å². The fourth-order valence-corrected chi connectivity index (χ4v) is 2.26. The minimum absolute atomic E-state index is 0.500. The van der Waals surface area contributed by atoms with Gasteiger partial charge in [-0.25, -0.2) is 0 Å². The van der Waals surface area contributed by atoms with Gasteiger partial charge in [-0.05, 0) is 59.1 Å². The molecule has 0 unspecified atom stereocenters.